The highest BCUT2D eigenvalue weighted by molar-refractivity contribution is 6.05. The summed E-state index contributed by atoms with van der Waals surface area (Å²) in [7, 11) is 0. The minimum Gasteiger partial charge on any atom is -0.487 e. The van der Waals surface area contributed by atoms with E-state index in [-0.39, 0.29) is 5.91 Å². The number of H-pyrrole nitrogens is 1. The lowest BCUT2D eigenvalue weighted by atomic mass is 10.1. The maximum atomic E-state index is 12.7. The van der Waals surface area contributed by atoms with Crippen molar-refractivity contribution >= 4 is 11.6 Å². The number of aromatic amines is 1. The van der Waals surface area contributed by atoms with Gasteiger partial charge in [0.2, 0.25) is 0 Å². The Hall–Kier alpha value is -4.00. The van der Waals surface area contributed by atoms with Gasteiger partial charge in [0.1, 0.15) is 18.1 Å². The lowest BCUT2D eigenvalue weighted by Crippen LogP contribution is -2.12. The first-order valence-corrected chi connectivity index (χ1v) is 9.10. The normalized spacial score (nSPS) is 10.5. The van der Waals surface area contributed by atoms with Gasteiger partial charge in [0.05, 0.1) is 5.69 Å². The van der Waals surface area contributed by atoms with Gasteiger partial charge < -0.3 is 10.1 Å². The van der Waals surface area contributed by atoms with Gasteiger partial charge in [-0.2, -0.15) is 0 Å². The topological polar surface area (TPSA) is 92.8 Å². The molecule has 0 saturated carbocycles. The maximum Gasteiger partial charge on any atom is 0.255 e. The number of nitrogens with one attached hydrogen (secondary N) is 2. The van der Waals surface area contributed by atoms with E-state index in [0.717, 1.165) is 28.2 Å². The number of amides is 1. The van der Waals surface area contributed by atoms with E-state index >= 15 is 0 Å². The van der Waals surface area contributed by atoms with Crippen LogP contribution in [0.3, 0.4) is 0 Å². The van der Waals surface area contributed by atoms with E-state index in [4.69, 9.17) is 4.74 Å². The molecule has 4 rings (SSSR count). The number of benzene rings is 2. The Labute approximate surface area is 167 Å². The first-order chi connectivity index (χ1) is 14.2. The van der Waals surface area contributed by atoms with E-state index in [9.17, 15) is 4.79 Å². The molecular formula is C22H19N5O2. The minimum absolute atomic E-state index is 0.193. The number of carbonyl (C=O) groups excluding carboxylic acids is 1. The Morgan fingerprint density at radius 1 is 1.10 bits per heavy atom. The molecule has 0 radical (unpaired) electrons. The summed E-state index contributed by atoms with van der Waals surface area (Å²) in [6.07, 6.45) is 3.44. The number of ether oxygens (including phenoxy) is 1. The Morgan fingerprint density at radius 2 is 1.97 bits per heavy atom. The summed E-state index contributed by atoms with van der Waals surface area (Å²) in [5, 5.41) is 13.4. The van der Waals surface area contributed by atoms with Crippen LogP contribution >= 0.6 is 0 Å². The van der Waals surface area contributed by atoms with E-state index in [1.54, 1.807) is 36.7 Å². The van der Waals surface area contributed by atoms with Crippen LogP contribution in [-0.4, -0.2) is 26.3 Å². The fraction of sp³-hybridized carbons (Fsp3) is 0.0909. The van der Waals surface area contributed by atoms with Crippen molar-refractivity contribution in [3.8, 4) is 17.0 Å². The third-order valence-electron chi connectivity index (χ3n) is 4.43. The van der Waals surface area contributed by atoms with Crippen LogP contribution in [0.1, 0.15) is 21.6 Å². The standard InChI is InChI=1S/C22H19N5O2/c1-15-5-6-17(21-13-24-27-26-21)12-20(15)25-22(28)16-7-9-19(10-8-16)29-14-18-4-2-3-11-23-18/h2-13H,14H2,1H3,(H,25,28)(H,24,26,27). The average Bonchev–Trinajstić information content (AvgIpc) is 3.30. The third-order valence-corrected chi connectivity index (χ3v) is 4.43. The third kappa shape index (κ3) is 4.47. The van der Waals surface area contributed by atoms with Crippen molar-refractivity contribution in [2.24, 2.45) is 0 Å². The van der Waals surface area contributed by atoms with Gasteiger partial charge in [-0.1, -0.05) is 23.4 Å². The number of rotatable bonds is 6. The number of nitrogens with zero attached hydrogens (tertiary/aromatic N) is 3. The van der Waals surface area contributed by atoms with Crippen molar-refractivity contribution in [3.63, 3.8) is 0 Å². The molecule has 7 nitrogen and oxygen atoms in total. The molecule has 0 fully saturated rings. The molecule has 29 heavy (non-hydrogen) atoms. The molecule has 0 atom stereocenters. The number of aryl methyl sites for hydroxylation is 1. The molecule has 0 aliphatic carbocycles. The van der Waals surface area contributed by atoms with Crippen LogP contribution in [0.2, 0.25) is 0 Å². The number of aromatic nitrogens is 4. The van der Waals surface area contributed by atoms with Gasteiger partial charge in [0.15, 0.2) is 0 Å². The predicted molar refractivity (Wildman–Crippen MR) is 110 cm³/mol. The van der Waals surface area contributed by atoms with Crippen molar-refractivity contribution in [1.82, 2.24) is 20.4 Å². The van der Waals surface area contributed by atoms with Gasteiger partial charge in [-0.05, 0) is 55.0 Å². The summed E-state index contributed by atoms with van der Waals surface area (Å²) in [5.41, 5.74) is 4.66. The first kappa shape index (κ1) is 18.4. The number of carbonyl (C=O) groups is 1. The number of hydrogen-bond acceptors (Lipinski definition) is 5. The van der Waals surface area contributed by atoms with Crippen molar-refractivity contribution in [1.29, 1.82) is 0 Å². The van der Waals surface area contributed by atoms with E-state index in [2.05, 4.69) is 25.7 Å². The van der Waals surface area contributed by atoms with Crippen molar-refractivity contribution in [2.75, 3.05) is 5.32 Å². The SMILES string of the molecule is Cc1ccc(-c2c[nH]nn2)cc1NC(=O)c1ccc(OCc2ccccn2)cc1. The summed E-state index contributed by atoms with van der Waals surface area (Å²) in [6, 6.07) is 18.5. The van der Waals surface area contributed by atoms with Crippen LogP contribution in [0, 0.1) is 6.92 Å². The Balaban J connectivity index is 1.43. The van der Waals surface area contributed by atoms with Crippen LogP contribution in [0.5, 0.6) is 5.75 Å². The van der Waals surface area contributed by atoms with Crippen LogP contribution in [0.4, 0.5) is 5.69 Å². The van der Waals surface area contributed by atoms with Crippen molar-refractivity contribution in [2.45, 2.75) is 13.5 Å². The smallest absolute Gasteiger partial charge is 0.255 e. The number of pyridine rings is 1. The number of anilines is 1. The molecule has 2 aromatic heterocycles. The van der Waals surface area contributed by atoms with E-state index < -0.39 is 0 Å². The quantitative estimate of drug-likeness (QED) is 0.523. The molecule has 2 heterocycles. The highest BCUT2D eigenvalue weighted by atomic mass is 16.5. The molecule has 0 saturated heterocycles. The van der Waals surface area contributed by atoms with Crippen LogP contribution in [0.15, 0.2) is 73.1 Å². The van der Waals surface area contributed by atoms with Gasteiger partial charge in [0.25, 0.3) is 5.91 Å². The van der Waals surface area contributed by atoms with E-state index in [1.165, 1.54) is 0 Å². The molecule has 2 aromatic carbocycles. The molecular weight excluding hydrogens is 366 g/mol. The summed E-state index contributed by atoms with van der Waals surface area (Å²) < 4.78 is 5.71. The fourth-order valence-corrected chi connectivity index (χ4v) is 2.80. The molecule has 0 spiro atoms. The van der Waals surface area contributed by atoms with Gasteiger partial charge in [0, 0.05) is 29.2 Å². The predicted octanol–water partition coefficient (Wildman–Crippen LogP) is 4.01. The van der Waals surface area contributed by atoms with Crippen molar-refractivity contribution < 1.29 is 9.53 Å². The highest BCUT2D eigenvalue weighted by Crippen LogP contribution is 2.24. The lowest BCUT2D eigenvalue weighted by molar-refractivity contribution is 0.102. The molecule has 144 valence electrons. The first-order valence-electron chi connectivity index (χ1n) is 9.10. The molecule has 0 bridgehead atoms. The van der Waals surface area contributed by atoms with Gasteiger partial charge in [-0.15, -0.1) is 5.10 Å². The molecule has 7 heteroatoms. The Morgan fingerprint density at radius 3 is 2.69 bits per heavy atom. The van der Waals surface area contributed by atoms with Gasteiger partial charge in [-0.3, -0.25) is 14.9 Å². The van der Waals surface area contributed by atoms with Gasteiger partial charge in [-0.25, -0.2) is 0 Å². The maximum absolute atomic E-state index is 12.7. The van der Waals surface area contributed by atoms with E-state index in [0.29, 0.717) is 17.9 Å². The van der Waals surface area contributed by atoms with Crippen molar-refractivity contribution in [3.05, 3.63) is 89.9 Å². The minimum atomic E-state index is -0.193. The van der Waals surface area contributed by atoms with Crippen LogP contribution < -0.4 is 10.1 Å². The fourth-order valence-electron chi connectivity index (χ4n) is 2.80. The Bertz CT molecular complexity index is 1090. The van der Waals surface area contributed by atoms with Crippen LogP contribution in [0.25, 0.3) is 11.3 Å². The highest BCUT2D eigenvalue weighted by Gasteiger charge is 2.10. The second-order valence-corrected chi connectivity index (χ2v) is 6.48. The molecule has 4 aromatic rings. The largest absolute Gasteiger partial charge is 0.487 e. The average molecular weight is 385 g/mol. The summed E-state index contributed by atoms with van der Waals surface area (Å²) >= 11 is 0. The second kappa shape index (κ2) is 8.35. The summed E-state index contributed by atoms with van der Waals surface area (Å²) in [5.74, 6) is 0.484. The van der Waals surface area contributed by atoms with Crippen LogP contribution in [-0.2, 0) is 6.61 Å². The number of hydrogen-bond donors (Lipinski definition) is 2. The zero-order valence-electron chi connectivity index (χ0n) is 15.8. The molecule has 2 N–H and O–H groups in total. The second-order valence-electron chi connectivity index (χ2n) is 6.48. The summed E-state index contributed by atoms with van der Waals surface area (Å²) in [4.78, 5) is 16.9. The lowest BCUT2D eigenvalue weighted by Gasteiger charge is -2.11. The molecule has 0 unspecified atom stereocenters. The Kier molecular flexibility index (Phi) is 5.29. The monoisotopic (exact) mass is 385 g/mol. The molecule has 0 aliphatic heterocycles. The van der Waals surface area contributed by atoms with E-state index in [1.807, 2.05) is 43.3 Å². The zero-order valence-corrected chi connectivity index (χ0v) is 15.8. The zero-order chi connectivity index (χ0) is 20.1. The molecule has 0 aliphatic rings. The molecule has 1 amide bonds. The van der Waals surface area contributed by atoms with Gasteiger partial charge >= 0.3 is 0 Å². The summed E-state index contributed by atoms with van der Waals surface area (Å²) in [6.45, 7) is 2.32.